The van der Waals surface area contributed by atoms with Crippen LogP contribution in [-0.2, 0) is 4.74 Å². The first-order valence-corrected chi connectivity index (χ1v) is 10.8. The van der Waals surface area contributed by atoms with Gasteiger partial charge in [0.25, 0.3) is 5.56 Å². The fraction of sp³-hybridized carbons (Fsp3) is 0.250. The van der Waals surface area contributed by atoms with Gasteiger partial charge < -0.3 is 9.47 Å². The number of benzene rings is 2. The Balaban J connectivity index is 1.62. The van der Waals surface area contributed by atoms with E-state index < -0.39 is 0 Å². The van der Waals surface area contributed by atoms with Crippen LogP contribution in [0.15, 0.2) is 65.8 Å². The summed E-state index contributed by atoms with van der Waals surface area (Å²) in [7, 11) is 1.62. The SMILES string of the molecule is COc1ccc(-n2nncc2-c2ncn3c2c(=O)n(C2CCOC2C)c2ccccc23)cc1. The van der Waals surface area contributed by atoms with Crippen LogP contribution in [0.5, 0.6) is 5.75 Å². The van der Waals surface area contributed by atoms with Gasteiger partial charge in [-0.3, -0.25) is 13.8 Å². The van der Waals surface area contributed by atoms with E-state index in [0.717, 1.165) is 28.9 Å². The summed E-state index contributed by atoms with van der Waals surface area (Å²) in [5.74, 6) is 0.745. The average Bonchev–Trinajstić information content (AvgIpc) is 3.59. The lowest BCUT2D eigenvalue weighted by atomic mass is 10.1. The van der Waals surface area contributed by atoms with Gasteiger partial charge in [-0.2, -0.15) is 0 Å². The standard InChI is InChI=1S/C24H22N6O3/c1-15-18(11-12-33-15)29-20-6-4-3-5-19(20)28-14-25-22(23(28)24(29)31)21-13-26-27-30(21)16-7-9-17(32-2)10-8-16/h3-10,13-15,18H,11-12H2,1-2H3. The Kier molecular flexibility index (Phi) is 4.51. The van der Waals surface area contributed by atoms with E-state index in [0.29, 0.717) is 23.5 Å². The van der Waals surface area contributed by atoms with E-state index in [4.69, 9.17) is 9.47 Å². The fourth-order valence-electron chi connectivity index (χ4n) is 4.72. The molecule has 2 unspecified atom stereocenters. The maximum Gasteiger partial charge on any atom is 0.278 e. The molecule has 0 bridgehead atoms. The van der Waals surface area contributed by atoms with E-state index in [-0.39, 0.29) is 17.7 Å². The molecular formula is C24H22N6O3. The molecule has 2 aromatic carbocycles. The smallest absolute Gasteiger partial charge is 0.278 e. The number of imidazole rings is 1. The number of rotatable bonds is 4. The van der Waals surface area contributed by atoms with Gasteiger partial charge in [-0.1, -0.05) is 17.3 Å². The molecule has 1 aliphatic heterocycles. The number of ether oxygens (including phenoxy) is 2. The topological polar surface area (TPSA) is 88.5 Å². The third kappa shape index (κ3) is 2.96. The van der Waals surface area contributed by atoms with Gasteiger partial charge in [0.1, 0.15) is 29.0 Å². The van der Waals surface area contributed by atoms with Gasteiger partial charge in [0, 0.05) is 6.61 Å². The van der Waals surface area contributed by atoms with Crippen LogP contribution >= 0.6 is 0 Å². The molecule has 6 rings (SSSR count). The molecule has 0 aliphatic carbocycles. The van der Waals surface area contributed by atoms with E-state index in [2.05, 4.69) is 15.3 Å². The minimum Gasteiger partial charge on any atom is -0.497 e. The normalized spacial score (nSPS) is 18.4. The van der Waals surface area contributed by atoms with Gasteiger partial charge in [-0.25, -0.2) is 9.67 Å². The second-order valence-electron chi connectivity index (χ2n) is 8.14. The van der Waals surface area contributed by atoms with E-state index >= 15 is 0 Å². The third-order valence-electron chi connectivity index (χ3n) is 6.37. The zero-order chi connectivity index (χ0) is 22.5. The maximum absolute atomic E-state index is 14.0. The zero-order valence-electron chi connectivity index (χ0n) is 18.3. The Labute approximate surface area is 188 Å². The van der Waals surface area contributed by atoms with Crippen LogP contribution in [0.25, 0.3) is 33.6 Å². The molecule has 9 heteroatoms. The van der Waals surface area contributed by atoms with Crippen molar-refractivity contribution in [3.63, 3.8) is 0 Å². The van der Waals surface area contributed by atoms with Crippen LogP contribution in [0, 0.1) is 0 Å². The fourth-order valence-corrected chi connectivity index (χ4v) is 4.72. The van der Waals surface area contributed by atoms with Crippen molar-refractivity contribution in [3.8, 4) is 22.8 Å². The lowest BCUT2D eigenvalue weighted by Gasteiger charge is -2.21. The molecule has 1 saturated heterocycles. The van der Waals surface area contributed by atoms with Crippen LogP contribution in [-0.4, -0.2) is 48.8 Å². The second kappa shape index (κ2) is 7.56. The molecule has 0 N–H and O–H groups in total. The molecule has 0 radical (unpaired) electrons. The molecule has 0 spiro atoms. The van der Waals surface area contributed by atoms with E-state index in [1.807, 2.05) is 64.4 Å². The van der Waals surface area contributed by atoms with Crippen molar-refractivity contribution in [3.05, 3.63) is 71.4 Å². The van der Waals surface area contributed by atoms with Crippen molar-refractivity contribution in [1.82, 2.24) is 28.9 Å². The van der Waals surface area contributed by atoms with Crippen molar-refractivity contribution in [2.45, 2.75) is 25.5 Å². The first kappa shape index (κ1) is 19.7. The van der Waals surface area contributed by atoms with Crippen LogP contribution in [0.2, 0.25) is 0 Å². The van der Waals surface area contributed by atoms with Gasteiger partial charge in [0.2, 0.25) is 0 Å². The first-order valence-electron chi connectivity index (χ1n) is 10.8. The second-order valence-corrected chi connectivity index (χ2v) is 8.14. The highest BCUT2D eigenvalue weighted by Crippen LogP contribution is 2.31. The summed E-state index contributed by atoms with van der Waals surface area (Å²) < 4.78 is 16.5. The Morgan fingerprint density at radius 3 is 2.61 bits per heavy atom. The van der Waals surface area contributed by atoms with E-state index in [1.165, 1.54) is 0 Å². The van der Waals surface area contributed by atoms with Gasteiger partial charge in [0.05, 0.1) is 42.2 Å². The number of nitrogens with zero attached hydrogens (tertiary/aromatic N) is 6. The van der Waals surface area contributed by atoms with Crippen molar-refractivity contribution < 1.29 is 9.47 Å². The minimum absolute atomic E-state index is 0.0419. The van der Waals surface area contributed by atoms with Crippen molar-refractivity contribution in [2.75, 3.05) is 13.7 Å². The Morgan fingerprint density at radius 1 is 1.09 bits per heavy atom. The monoisotopic (exact) mass is 442 g/mol. The molecule has 0 saturated carbocycles. The van der Waals surface area contributed by atoms with Crippen LogP contribution in [0.4, 0.5) is 0 Å². The molecule has 166 valence electrons. The average molecular weight is 442 g/mol. The summed E-state index contributed by atoms with van der Waals surface area (Å²) >= 11 is 0. The lowest BCUT2D eigenvalue weighted by Crippen LogP contribution is -2.30. The highest BCUT2D eigenvalue weighted by molar-refractivity contribution is 5.84. The number of para-hydroxylation sites is 2. The van der Waals surface area contributed by atoms with Gasteiger partial charge in [0.15, 0.2) is 0 Å². The highest BCUT2D eigenvalue weighted by atomic mass is 16.5. The number of aromatic nitrogens is 6. The third-order valence-corrected chi connectivity index (χ3v) is 6.37. The summed E-state index contributed by atoms with van der Waals surface area (Å²) in [4.78, 5) is 18.6. The molecule has 9 nitrogen and oxygen atoms in total. The summed E-state index contributed by atoms with van der Waals surface area (Å²) in [6.45, 7) is 2.65. The minimum atomic E-state index is -0.106. The number of hydrogen-bond donors (Lipinski definition) is 0. The van der Waals surface area contributed by atoms with Gasteiger partial charge in [-0.05, 0) is 49.7 Å². The summed E-state index contributed by atoms with van der Waals surface area (Å²) in [5.41, 5.74) is 4.12. The summed E-state index contributed by atoms with van der Waals surface area (Å²) in [5, 5.41) is 8.37. The van der Waals surface area contributed by atoms with Crippen molar-refractivity contribution in [2.24, 2.45) is 0 Å². The number of fused-ring (bicyclic) bond motifs is 3. The number of hydrogen-bond acceptors (Lipinski definition) is 6. The van der Waals surface area contributed by atoms with Crippen molar-refractivity contribution in [1.29, 1.82) is 0 Å². The van der Waals surface area contributed by atoms with E-state index in [9.17, 15) is 4.79 Å². The summed E-state index contributed by atoms with van der Waals surface area (Å²) in [6.07, 6.45) is 4.06. The van der Waals surface area contributed by atoms with Gasteiger partial charge >= 0.3 is 0 Å². The molecule has 33 heavy (non-hydrogen) atoms. The Morgan fingerprint density at radius 2 is 1.88 bits per heavy atom. The van der Waals surface area contributed by atoms with Gasteiger partial charge in [-0.15, -0.1) is 5.10 Å². The van der Waals surface area contributed by atoms with Crippen LogP contribution in [0.3, 0.4) is 0 Å². The predicted octanol–water partition coefficient (Wildman–Crippen LogP) is 3.26. The molecular weight excluding hydrogens is 420 g/mol. The molecule has 2 atom stereocenters. The lowest BCUT2D eigenvalue weighted by molar-refractivity contribution is 0.108. The first-order chi connectivity index (χ1) is 16.2. The quantitative estimate of drug-likeness (QED) is 0.425. The Bertz CT molecular complexity index is 1530. The molecule has 1 aliphatic rings. The van der Waals surface area contributed by atoms with Crippen LogP contribution in [0.1, 0.15) is 19.4 Å². The van der Waals surface area contributed by atoms with E-state index in [1.54, 1.807) is 24.3 Å². The maximum atomic E-state index is 14.0. The van der Waals surface area contributed by atoms with Crippen LogP contribution < -0.4 is 10.3 Å². The zero-order valence-corrected chi connectivity index (χ0v) is 18.3. The Hall–Kier alpha value is -3.98. The molecule has 5 aromatic rings. The molecule has 0 amide bonds. The molecule has 1 fully saturated rings. The molecule has 3 aromatic heterocycles. The predicted molar refractivity (Wildman–Crippen MR) is 123 cm³/mol. The largest absolute Gasteiger partial charge is 0.497 e. The summed E-state index contributed by atoms with van der Waals surface area (Å²) in [6, 6.07) is 15.3. The van der Waals surface area contributed by atoms with Crippen molar-refractivity contribution >= 4 is 16.6 Å². The highest BCUT2D eigenvalue weighted by Gasteiger charge is 2.30. The molecule has 4 heterocycles. The number of methoxy groups -OCH3 is 1.